The van der Waals surface area contributed by atoms with Crippen LogP contribution in [0, 0.1) is 5.92 Å². The van der Waals surface area contributed by atoms with Gasteiger partial charge in [0, 0.05) is 38.1 Å². The molecule has 1 aromatic rings. The Morgan fingerprint density at radius 3 is 2.77 bits per heavy atom. The van der Waals surface area contributed by atoms with Crippen LogP contribution < -0.4 is 15.4 Å². The zero-order valence-corrected chi connectivity index (χ0v) is 21.4. The first-order chi connectivity index (χ1) is 14.7. The minimum absolute atomic E-state index is 0. The second-order valence-electron chi connectivity index (χ2n) is 8.40. The summed E-state index contributed by atoms with van der Waals surface area (Å²) in [5, 5.41) is 6.88. The maximum Gasteiger partial charge on any atom is 0.225 e. The Morgan fingerprint density at radius 2 is 2.03 bits per heavy atom. The third-order valence-corrected chi connectivity index (χ3v) is 5.93. The number of carbonyl (C=O) groups excluding carboxylic acids is 1. The molecule has 0 spiro atoms. The molecule has 1 amide bonds. The van der Waals surface area contributed by atoms with E-state index in [2.05, 4.69) is 41.5 Å². The number of nitrogens with one attached hydrogen (secondary N) is 2. The van der Waals surface area contributed by atoms with Gasteiger partial charge in [0.2, 0.25) is 5.91 Å². The van der Waals surface area contributed by atoms with Gasteiger partial charge in [-0.15, -0.1) is 24.0 Å². The number of halogens is 1. The molecule has 1 saturated heterocycles. The lowest BCUT2D eigenvalue weighted by Gasteiger charge is -2.21. The van der Waals surface area contributed by atoms with E-state index >= 15 is 0 Å². The number of hydrogen-bond donors (Lipinski definition) is 2. The van der Waals surface area contributed by atoms with E-state index in [1.807, 2.05) is 12.1 Å². The lowest BCUT2D eigenvalue weighted by Crippen LogP contribution is -2.45. The summed E-state index contributed by atoms with van der Waals surface area (Å²) < 4.78 is 5.72. The SMILES string of the molecule is CCCOc1cccc(CCN=C(NCC)NC2CCN(C(=O)C3CCCC3)C2)c1.I. The molecule has 31 heavy (non-hydrogen) atoms. The Kier molecular flexibility index (Phi) is 11.5. The van der Waals surface area contributed by atoms with Gasteiger partial charge in [0.1, 0.15) is 5.75 Å². The molecule has 0 bridgehead atoms. The van der Waals surface area contributed by atoms with E-state index in [0.717, 1.165) is 70.1 Å². The minimum Gasteiger partial charge on any atom is -0.494 e. The number of carbonyl (C=O) groups is 1. The number of amides is 1. The van der Waals surface area contributed by atoms with Crippen molar-refractivity contribution < 1.29 is 9.53 Å². The molecule has 1 atom stereocenters. The average Bonchev–Trinajstić information content (AvgIpc) is 3.45. The fourth-order valence-corrected chi connectivity index (χ4v) is 4.33. The summed E-state index contributed by atoms with van der Waals surface area (Å²) in [6, 6.07) is 8.56. The predicted molar refractivity (Wildman–Crippen MR) is 137 cm³/mol. The highest BCUT2D eigenvalue weighted by Gasteiger charge is 2.32. The molecule has 1 aliphatic heterocycles. The third-order valence-electron chi connectivity index (χ3n) is 5.93. The highest BCUT2D eigenvalue weighted by Crippen LogP contribution is 2.27. The van der Waals surface area contributed by atoms with E-state index in [9.17, 15) is 4.79 Å². The maximum atomic E-state index is 12.7. The molecule has 1 unspecified atom stereocenters. The van der Waals surface area contributed by atoms with Crippen LogP contribution in [0.15, 0.2) is 29.3 Å². The summed E-state index contributed by atoms with van der Waals surface area (Å²) in [6.07, 6.45) is 7.42. The van der Waals surface area contributed by atoms with Crippen molar-refractivity contribution in [2.75, 3.05) is 32.8 Å². The molecule has 1 saturated carbocycles. The molecular formula is C24H39IN4O2. The molecule has 2 fully saturated rings. The Balaban J connectivity index is 0.00000341. The first-order valence-electron chi connectivity index (χ1n) is 11.7. The van der Waals surface area contributed by atoms with Gasteiger partial charge in [-0.25, -0.2) is 0 Å². The van der Waals surface area contributed by atoms with Crippen LogP contribution in [0.2, 0.25) is 0 Å². The summed E-state index contributed by atoms with van der Waals surface area (Å²) in [5.41, 5.74) is 1.23. The Labute approximate surface area is 204 Å². The molecule has 1 aliphatic carbocycles. The molecule has 2 aliphatic rings. The molecular weight excluding hydrogens is 503 g/mol. The van der Waals surface area contributed by atoms with E-state index < -0.39 is 0 Å². The second-order valence-corrected chi connectivity index (χ2v) is 8.40. The van der Waals surface area contributed by atoms with Crippen LogP contribution in [0.25, 0.3) is 0 Å². The number of ether oxygens (including phenoxy) is 1. The molecule has 7 heteroatoms. The molecule has 1 aromatic carbocycles. The van der Waals surface area contributed by atoms with Gasteiger partial charge in [0.25, 0.3) is 0 Å². The van der Waals surface area contributed by atoms with Crippen molar-refractivity contribution in [2.24, 2.45) is 10.9 Å². The van der Waals surface area contributed by atoms with Crippen LogP contribution in [-0.2, 0) is 11.2 Å². The number of benzene rings is 1. The van der Waals surface area contributed by atoms with Crippen molar-refractivity contribution in [1.82, 2.24) is 15.5 Å². The highest BCUT2D eigenvalue weighted by molar-refractivity contribution is 14.0. The standard InChI is InChI=1S/C24H38N4O2.HI/c1-3-16-30-22-11-7-8-19(17-22)12-14-26-24(25-4-2)27-21-13-15-28(18-21)23(29)20-9-5-6-10-20;/h7-8,11,17,20-21H,3-6,9-10,12-16,18H2,1-2H3,(H2,25,26,27);1H. The van der Waals surface area contributed by atoms with Gasteiger partial charge in [-0.3, -0.25) is 9.79 Å². The van der Waals surface area contributed by atoms with Crippen molar-refractivity contribution in [3.05, 3.63) is 29.8 Å². The van der Waals surface area contributed by atoms with Crippen LogP contribution in [-0.4, -0.2) is 55.6 Å². The first-order valence-corrected chi connectivity index (χ1v) is 11.7. The van der Waals surface area contributed by atoms with Gasteiger partial charge in [0.05, 0.1) is 6.61 Å². The van der Waals surface area contributed by atoms with Crippen molar-refractivity contribution >= 4 is 35.8 Å². The van der Waals surface area contributed by atoms with E-state index in [-0.39, 0.29) is 35.9 Å². The Hall–Kier alpha value is -1.51. The largest absolute Gasteiger partial charge is 0.494 e. The molecule has 1 heterocycles. The fraction of sp³-hybridized carbons (Fsp3) is 0.667. The zero-order chi connectivity index (χ0) is 21.2. The topological polar surface area (TPSA) is 66.0 Å². The predicted octanol–water partition coefficient (Wildman–Crippen LogP) is 3.98. The normalized spacial score (nSPS) is 19.2. The van der Waals surface area contributed by atoms with Gasteiger partial charge in [-0.05, 0) is 56.7 Å². The molecule has 174 valence electrons. The summed E-state index contributed by atoms with van der Waals surface area (Å²) in [5.74, 6) is 2.41. The van der Waals surface area contributed by atoms with Crippen molar-refractivity contribution in [3.8, 4) is 5.75 Å². The first kappa shape index (κ1) is 25.7. The minimum atomic E-state index is 0. The number of guanidine groups is 1. The number of nitrogens with zero attached hydrogens (tertiary/aromatic N) is 2. The molecule has 2 N–H and O–H groups in total. The van der Waals surface area contributed by atoms with E-state index in [0.29, 0.717) is 12.5 Å². The maximum absolute atomic E-state index is 12.7. The summed E-state index contributed by atoms with van der Waals surface area (Å²) >= 11 is 0. The second kappa shape index (κ2) is 13.8. The Bertz CT molecular complexity index is 707. The van der Waals surface area contributed by atoms with Crippen molar-refractivity contribution in [1.29, 1.82) is 0 Å². The monoisotopic (exact) mass is 542 g/mol. The van der Waals surface area contributed by atoms with Crippen LogP contribution in [0.1, 0.15) is 57.9 Å². The van der Waals surface area contributed by atoms with E-state index in [4.69, 9.17) is 9.73 Å². The summed E-state index contributed by atoms with van der Waals surface area (Å²) in [7, 11) is 0. The van der Waals surface area contributed by atoms with Crippen LogP contribution in [0.4, 0.5) is 0 Å². The molecule has 6 nitrogen and oxygen atoms in total. The quantitative estimate of drug-likeness (QED) is 0.282. The van der Waals surface area contributed by atoms with Gasteiger partial charge in [-0.1, -0.05) is 31.9 Å². The van der Waals surface area contributed by atoms with Gasteiger partial charge >= 0.3 is 0 Å². The molecule has 0 aromatic heterocycles. The third kappa shape index (κ3) is 8.16. The van der Waals surface area contributed by atoms with Gasteiger partial charge < -0.3 is 20.3 Å². The number of hydrogen-bond acceptors (Lipinski definition) is 3. The van der Waals surface area contributed by atoms with Crippen molar-refractivity contribution in [3.63, 3.8) is 0 Å². The Morgan fingerprint density at radius 1 is 1.23 bits per heavy atom. The van der Waals surface area contributed by atoms with Crippen LogP contribution in [0.5, 0.6) is 5.75 Å². The summed E-state index contributed by atoms with van der Waals surface area (Å²) in [6.45, 7) is 8.12. The lowest BCUT2D eigenvalue weighted by molar-refractivity contribution is -0.134. The smallest absolute Gasteiger partial charge is 0.225 e. The van der Waals surface area contributed by atoms with E-state index in [1.54, 1.807) is 0 Å². The highest BCUT2D eigenvalue weighted by atomic mass is 127. The number of likely N-dealkylation sites (tertiary alicyclic amines) is 1. The van der Waals surface area contributed by atoms with Crippen LogP contribution in [0.3, 0.4) is 0 Å². The number of aliphatic imine (C=N–C) groups is 1. The van der Waals surface area contributed by atoms with Gasteiger partial charge in [0.15, 0.2) is 5.96 Å². The molecule has 0 radical (unpaired) electrons. The zero-order valence-electron chi connectivity index (χ0n) is 19.1. The van der Waals surface area contributed by atoms with Crippen molar-refractivity contribution in [2.45, 2.75) is 64.8 Å². The number of rotatable bonds is 9. The van der Waals surface area contributed by atoms with Crippen LogP contribution >= 0.6 is 24.0 Å². The molecule has 3 rings (SSSR count). The van der Waals surface area contributed by atoms with E-state index in [1.165, 1.54) is 18.4 Å². The lowest BCUT2D eigenvalue weighted by atomic mass is 10.1. The average molecular weight is 543 g/mol. The fourth-order valence-electron chi connectivity index (χ4n) is 4.33. The van der Waals surface area contributed by atoms with Gasteiger partial charge in [-0.2, -0.15) is 0 Å². The summed E-state index contributed by atoms with van der Waals surface area (Å²) in [4.78, 5) is 19.5.